The standard InChI is InChI=1S/C23H18F6N2O2/c24-17-8-7-16(9-18(17)25)22(23(27,28)29)10-19(30-33-22)13-3-5-15(6-4-13)21(26)11-31(12-21)20(32)14-1-2-14/h3-9,14H,1-2,10-12H2. The van der Waals surface area contributed by atoms with Crippen molar-refractivity contribution in [3.63, 3.8) is 0 Å². The van der Waals surface area contributed by atoms with Crippen LogP contribution in [0.2, 0.25) is 0 Å². The minimum Gasteiger partial charge on any atom is -0.374 e. The summed E-state index contributed by atoms with van der Waals surface area (Å²) >= 11 is 0. The summed E-state index contributed by atoms with van der Waals surface area (Å²) in [5.41, 5.74) is -4.75. The van der Waals surface area contributed by atoms with Gasteiger partial charge in [-0.05, 0) is 36.1 Å². The Labute approximate surface area is 184 Å². The smallest absolute Gasteiger partial charge is 0.374 e. The topological polar surface area (TPSA) is 41.9 Å². The molecule has 1 unspecified atom stereocenters. The highest BCUT2D eigenvalue weighted by Crippen LogP contribution is 2.49. The van der Waals surface area contributed by atoms with Crippen LogP contribution in [0.4, 0.5) is 26.3 Å². The molecule has 0 N–H and O–H groups in total. The lowest BCUT2D eigenvalue weighted by Gasteiger charge is -2.45. The summed E-state index contributed by atoms with van der Waals surface area (Å²) in [7, 11) is 0. The number of halogens is 6. The molecule has 3 aliphatic rings. The van der Waals surface area contributed by atoms with Crippen LogP contribution >= 0.6 is 0 Å². The van der Waals surface area contributed by atoms with Crippen LogP contribution in [0.1, 0.15) is 36.0 Å². The molecule has 2 fully saturated rings. The Hall–Kier alpha value is -3.04. The zero-order valence-corrected chi connectivity index (χ0v) is 17.1. The first kappa shape index (κ1) is 21.8. The molecule has 33 heavy (non-hydrogen) atoms. The van der Waals surface area contributed by atoms with E-state index in [2.05, 4.69) is 5.16 Å². The predicted octanol–water partition coefficient (Wildman–Crippen LogP) is 4.96. The number of likely N-dealkylation sites (tertiary alicyclic amines) is 1. The molecule has 1 amide bonds. The largest absolute Gasteiger partial charge is 0.435 e. The van der Waals surface area contributed by atoms with Gasteiger partial charge in [-0.1, -0.05) is 35.5 Å². The van der Waals surface area contributed by atoms with Crippen molar-refractivity contribution in [3.8, 4) is 0 Å². The fraction of sp³-hybridized carbons (Fsp3) is 0.391. The van der Waals surface area contributed by atoms with Crippen LogP contribution in [-0.4, -0.2) is 35.8 Å². The molecule has 0 radical (unpaired) electrons. The highest BCUT2D eigenvalue weighted by atomic mass is 19.4. The Morgan fingerprint density at radius 2 is 1.64 bits per heavy atom. The van der Waals surface area contributed by atoms with E-state index in [9.17, 15) is 26.7 Å². The van der Waals surface area contributed by atoms with E-state index in [4.69, 9.17) is 4.84 Å². The number of nitrogens with zero attached hydrogens (tertiary/aromatic N) is 2. The molecule has 0 bridgehead atoms. The van der Waals surface area contributed by atoms with E-state index in [-0.39, 0.29) is 36.2 Å². The summed E-state index contributed by atoms with van der Waals surface area (Å²) in [6.45, 7) is -0.113. The molecule has 10 heteroatoms. The summed E-state index contributed by atoms with van der Waals surface area (Å²) in [4.78, 5) is 18.3. The number of carbonyl (C=O) groups is 1. The van der Waals surface area contributed by atoms with Crippen molar-refractivity contribution in [2.75, 3.05) is 13.1 Å². The zero-order chi connectivity index (χ0) is 23.6. The second kappa shape index (κ2) is 7.23. The SMILES string of the molecule is O=C(C1CC1)N1CC(F)(c2ccc(C3=NOC(c4ccc(F)c(F)c4)(C(F)(F)F)C3)cc2)C1. The quantitative estimate of drug-likeness (QED) is 0.595. The molecule has 0 aromatic heterocycles. The third-order valence-corrected chi connectivity index (χ3v) is 6.43. The number of hydrogen-bond donors (Lipinski definition) is 0. The number of hydrogen-bond acceptors (Lipinski definition) is 3. The van der Waals surface area contributed by atoms with Gasteiger partial charge in [0.05, 0.1) is 18.8 Å². The molecule has 2 heterocycles. The zero-order valence-electron chi connectivity index (χ0n) is 17.1. The van der Waals surface area contributed by atoms with E-state index >= 15 is 4.39 Å². The summed E-state index contributed by atoms with van der Waals surface area (Å²) in [6, 6.07) is 7.62. The van der Waals surface area contributed by atoms with Gasteiger partial charge in [-0.3, -0.25) is 4.79 Å². The minimum atomic E-state index is -4.96. The molecule has 1 saturated heterocycles. The number of amides is 1. The molecule has 2 aliphatic heterocycles. The van der Waals surface area contributed by atoms with Gasteiger partial charge in [-0.15, -0.1) is 0 Å². The maximum atomic E-state index is 15.1. The van der Waals surface area contributed by atoms with Gasteiger partial charge in [0.2, 0.25) is 5.91 Å². The van der Waals surface area contributed by atoms with Gasteiger partial charge in [-0.25, -0.2) is 13.2 Å². The lowest BCUT2D eigenvalue weighted by atomic mass is 9.84. The number of benzene rings is 2. The predicted molar refractivity (Wildman–Crippen MR) is 105 cm³/mol. The van der Waals surface area contributed by atoms with E-state index in [1.165, 1.54) is 29.2 Å². The van der Waals surface area contributed by atoms with Crippen LogP contribution in [0.15, 0.2) is 47.6 Å². The summed E-state index contributed by atoms with van der Waals surface area (Å²) < 4.78 is 83.9. The van der Waals surface area contributed by atoms with Crippen molar-refractivity contribution in [3.05, 3.63) is 70.8 Å². The Bertz CT molecular complexity index is 1140. The van der Waals surface area contributed by atoms with Gasteiger partial charge in [0.25, 0.3) is 5.60 Å². The maximum Gasteiger partial charge on any atom is 0.435 e. The lowest BCUT2D eigenvalue weighted by molar-refractivity contribution is -0.276. The van der Waals surface area contributed by atoms with Crippen molar-refractivity contribution < 1.29 is 36.0 Å². The van der Waals surface area contributed by atoms with Crippen LogP contribution in [0.25, 0.3) is 0 Å². The van der Waals surface area contributed by atoms with Crippen LogP contribution in [0, 0.1) is 17.6 Å². The van der Waals surface area contributed by atoms with Gasteiger partial charge in [0, 0.05) is 17.9 Å². The van der Waals surface area contributed by atoms with Gasteiger partial charge in [0.1, 0.15) is 0 Å². The lowest BCUT2D eigenvalue weighted by Crippen LogP contribution is -2.59. The highest BCUT2D eigenvalue weighted by Gasteiger charge is 2.62. The first-order valence-electron chi connectivity index (χ1n) is 10.4. The number of alkyl halides is 4. The van der Waals surface area contributed by atoms with Gasteiger partial charge in [0.15, 0.2) is 17.3 Å². The first-order valence-corrected chi connectivity index (χ1v) is 10.4. The van der Waals surface area contributed by atoms with Crippen molar-refractivity contribution in [2.24, 2.45) is 11.1 Å². The highest BCUT2D eigenvalue weighted by molar-refractivity contribution is 6.01. The van der Waals surface area contributed by atoms with E-state index in [1.807, 2.05) is 0 Å². The average Bonchev–Trinajstić information content (AvgIpc) is 3.50. The summed E-state index contributed by atoms with van der Waals surface area (Å²) in [5, 5.41) is 3.58. The van der Waals surface area contributed by atoms with E-state index < -0.39 is 41.1 Å². The first-order chi connectivity index (χ1) is 15.5. The van der Waals surface area contributed by atoms with Crippen LogP contribution in [-0.2, 0) is 20.9 Å². The number of carbonyl (C=O) groups excluding carboxylic acids is 1. The number of rotatable bonds is 4. The van der Waals surface area contributed by atoms with E-state index in [1.54, 1.807) is 0 Å². The molecule has 2 aromatic rings. The van der Waals surface area contributed by atoms with Crippen LogP contribution in [0.5, 0.6) is 0 Å². The molecular formula is C23H18F6N2O2. The fourth-order valence-corrected chi connectivity index (χ4v) is 4.25. The molecular weight excluding hydrogens is 450 g/mol. The van der Waals surface area contributed by atoms with Crippen molar-refractivity contribution in [1.29, 1.82) is 0 Å². The number of oxime groups is 1. The molecule has 0 spiro atoms. The second-order valence-electron chi connectivity index (χ2n) is 8.77. The second-order valence-corrected chi connectivity index (χ2v) is 8.77. The Balaban J connectivity index is 1.34. The molecule has 1 atom stereocenters. The Morgan fingerprint density at radius 3 is 2.21 bits per heavy atom. The summed E-state index contributed by atoms with van der Waals surface area (Å²) in [5.74, 6) is -2.75. The summed E-state index contributed by atoms with van der Waals surface area (Å²) in [6.07, 6.45) is -4.06. The third-order valence-electron chi connectivity index (χ3n) is 6.43. The minimum absolute atomic E-state index is 0.000728. The molecule has 1 saturated carbocycles. The normalized spacial score (nSPS) is 24.2. The third kappa shape index (κ3) is 3.55. The Kier molecular flexibility index (Phi) is 4.77. The average molecular weight is 468 g/mol. The van der Waals surface area contributed by atoms with Gasteiger partial charge in [-0.2, -0.15) is 13.2 Å². The monoisotopic (exact) mass is 468 g/mol. The molecule has 4 nitrogen and oxygen atoms in total. The molecule has 5 rings (SSSR count). The molecule has 2 aromatic carbocycles. The Morgan fingerprint density at radius 1 is 1.00 bits per heavy atom. The van der Waals surface area contributed by atoms with Crippen LogP contribution < -0.4 is 0 Å². The fourth-order valence-electron chi connectivity index (χ4n) is 4.25. The van der Waals surface area contributed by atoms with Gasteiger partial charge >= 0.3 is 6.18 Å². The van der Waals surface area contributed by atoms with E-state index in [0.29, 0.717) is 17.7 Å². The van der Waals surface area contributed by atoms with Gasteiger partial charge < -0.3 is 9.74 Å². The molecule has 174 valence electrons. The van der Waals surface area contributed by atoms with Crippen molar-refractivity contribution in [2.45, 2.75) is 36.7 Å². The van der Waals surface area contributed by atoms with Crippen molar-refractivity contribution in [1.82, 2.24) is 4.90 Å². The van der Waals surface area contributed by atoms with Crippen molar-refractivity contribution >= 4 is 11.6 Å². The van der Waals surface area contributed by atoms with Crippen LogP contribution in [0.3, 0.4) is 0 Å². The maximum absolute atomic E-state index is 15.1. The molecule has 1 aliphatic carbocycles. The van der Waals surface area contributed by atoms with E-state index in [0.717, 1.165) is 18.9 Å².